The van der Waals surface area contributed by atoms with Crippen molar-refractivity contribution in [2.75, 3.05) is 13.7 Å². The lowest BCUT2D eigenvalue weighted by molar-refractivity contribution is -0.116. The predicted molar refractivity (Wildman–Crippen MR) is 59.9 cm³/mol. The molecule has 0 saturated carbocycles. The van der Waals surface area contributed by atoms with Gasteiger partial charge in [0.1, 0.15) is 5.75 Å². The summed E-state index contributed by atoms with van der Waals surface area (Å²) >= 11 is 0. The molecule has 0 heterocycles. The summed E-state index contributed by atoms with van der Waals surface area (Å²) in [6.45, 7) is 3.99. The molecule has 1 aromatic carbocycles. The van der Waals surface area contributed by atoms with Crippen LogP contribution in [0.25, 0.3) is 0 Å². The molecular formula is C12H15NO2. The van der Waals surface area contributed by atoms with Crippen molar-refractivity contribution in [3.05, 3.63) is 42.5 Å². The van der Waals surface area contributed by atoms with E-state index in [4.69, 9.17) is 4.74 Å². The van der Waals surface area contributed by atoms with E-state index in [0.717, 1.165) is 17.7 Å². The molecule has 3 nitrogen and oxygen atoms in total. The van der Waals surface area contributed by atoms with Gasteiger partial charge in [-0.3, -0.25) is 4.79 Å². The number of methoxy groups -OCH3 is 1. The smallest absolute Gasteiger partial charge is 0.243 e. The number of ether oxygens (including phenoxy) is 1. The predicted octanol–water partition coefficient (Wildman–Crippen LogP) is 1.54. The molecule has 3 heteroatoms. The van der Waals surface area contributed by atoms with Crippen LogP contribution in [0.4, 0.5) is 0 Å². The highest BCUT2D eigenvalue weighted by Gasteiger charge is 1.97. The largest absolute Gasteiger partial charge is 0.497 e. The Morgan fingerprint density at radius 1 is 1.60 bits per heavy atom. The first kappa shape index (κ1) is 11.3. The van der Waals surface area contributed by atoms with Gasteiger partial charge in [-0.2, -0.15) is 0 Å². The van der Waals surface area contributed by atoms with Crippen molar-refractivity contribution in [2.24, 2.45) is 0 Å². The van der Waals surface area contributed by atoms with Crippen LogP contribution in [-0.4, -0.2) is 19.6 Å². The average Bonchev–Trinajstić information content (AvgIpc) is 2.29. The van der Waals surface area contributed by atoms with Gasteiger partial charge in [-0.05, 0) is 30.2 Å². The number of hydrogen-bond donors (Lipinski definition) is 1. The van der Waals surface area contributed by atoms with Crippen molar-refractivity contribution < 1.29 is 9.53 Å². The maximum Gasteiger partial charge on any atom is 0.243 e. The Morgan fingerprint density at radius 2 is 2.40 bits per heavy atom. The molecule has 15 heavy (non-hydrogen) atoms. The van der Waals surface area contributed by atoms with Gasteiger partial charge >= 0.3 is 0 Å². The summed E-state index contributed by atoms with van der Waals surface area (Å²) in [6.07, 6.45) is 2.06. The third kappa shape index (κ3) is 3.85. The SMILES string of the molecule is C=CC(=O)NCCc1cccc(OC)c1. The number of hydrogen-bond acceptors (Lipinski definition) is 2. The van der Waals surface area contributed by atoms with E-state index < -0.39 is 0 Å². The fraction of sp³-hybridized carbons (Fsp3) is 0.250. The molecule has 0 aliphatic carbocycles. The second kappa shape index (κ2) is 5.86. The molecule has 1 aromatic rings. The standard InChI is InChI=1S/C12H15NO2/c1-3-12(14)13-8-7-10-5-4-6-11(9-10)15-2/h3-6,9H,1,7-8H2,2H3,(H,13,14). The van der Waals surface area contributed by atoms with Crippen molar-refractivity contribution in [3.63, 3.8) is 0 Å². The first-order valence-electron chi connectivity index (χ1n) is 4.79. The molecule has 0 radical (unpaired) electrons. The van der Waals surface area contributed by atoms with Crippen LogP contribution in [0.2, 0.25) is 0 Å². The van der Waals surface area contributed by atoms with Crippen LogP contribution in [0.3, 0.4) is 0 Å². The first-order chi connectivity index (χ1) is 7.26. The van der Waals surface area contributed by atoms with Crippen LogP contribution in [0.5, 0.6) is 5.75 Å². The topological polar surface area (TPSA) is 38.3 Å². The van der Waals surface area contributed by atoms with Gasteiger partial charge in [-0.1, -0.05) is 18.7 Å². The molecule has 1 rings (SSSR count). The lowest BCUT2D eigenvalue weighted by atomic mass is 10.1. The van der Waals surface area contributed by atoms with E-state index in [-0.39, 0.29) is 5.91 Å². The second-order valence-electron chi connectivity index (χ2n) is 3.10. The fourth-order valence-corrected chi connectivity index (χ4v) is 1.23. The monoisotopic (exact) mass is 205 g/mol. The van der Waals surface area contributed by atoms with Crippen LogP contribution in [0.15, 0.2) is 36.9 Å². The van der Waals surface area contributed by atoms with Gasteiger partial charge in [0.05, 0.1) is 7.11 Å². The van der Waals surface area contributed by atoms with Crippen molar-refractivity contribution >= 4 is 5.91 Å². The summed E-state index contributed by atoms with van der Waals surface area (Å²) in [7, 11) is 1.64. The van der Waals surface area contributed by atoms with Gasteiger partial charge in [0.15, 0.2) is 0 Å². The minimum atomic E-state index is -0.141. The Balaban J connectivity index is 2.43. The average molecular weight is 205 g/mol. The molecule has 80 valence electrons. The molecule has 0 aliphatic heterocycles. The molecule has 1 amide bonds. The summed E-state index contributed by atoms with van der Waals surface area (Å²) in [6, 6.07) is 7.79. The third-order valence-corrected chi connectivity index (χ3v) is 2.03. The number of nitrogens with one attached hydrogen (secondary N) is 1. The Hall–Kier alpha value is -1.77. The van der Waals surface area contributed by atoms with Crippen LogP contribution in [0, 0.1) is 0 Å². The highest BCUT2D eigenvalue weighted by Crippen LogP contribution is 2.12. The quantitative estimate of drug-likeness (QED) is 0.740. The molecular weight excluding hydrogens is 190 g/mol. The Morgan fingerprint density at radius 3 is 3.07 bits per heavy atom. The molecule has 0 fully saturated rings. The molecule has 0 bridgehead atoms. The normalized spacial score (nSPS) is 9.40. The molecule has 0 spiro atoms. The number of amides is 1. The Kier molecular flexibility index (Phi) is 4.41. The zero-order chi connectivity index (χ0) is 11.1. The van der Waals surface area contributed by atoms with E-state index >= 15 is 0 Å². The summed E-state index contributed by atoms with van der Waals surface area (Å²) in [4.78, 5) is 10.9. The molecule has 0 aromatic heterocycles. The minimum Gasteiger partial charge on any atom is -0.497 e. The van der Waals surface area contributed by atoms with E-state index in [0.29, 0.717) is 6.54 Å². The van der Waals surface area contributed by atoms with Crippen molar-refractivity contribution in [1.82, 2.24) is 5.32 Å². The molecule has 1 N–H and O–H groups in total. The van der Waals surface area contributed by atoms with Gasteiger partial charge < -0.3 is 10.1 Å². The zero-order valence-corrected chi connectivity index (χ0v) is 8.82. The van der Waals surface area contributed by atoms with Crippen molar-refractivity contribution in [3.8, 4) is 5.75 Å². The Bertz CT molecular complexity index is 347. The van der Waals surface area contributed by atoms with Crippen molar-refractivity contribution in [1.29, 1.82) is 0 Å². The second-order valence-corrected chi connectivity index (χ2v) is 3.10. The number of rotatable bonds is 5. The summed E-state index contributed by atoms with van der Waals surface area (Å²) in [5.74, 6) is 0.695. The van der Waals surface area contributed by atoms with Crippen LogP contribution >= 0.6 is 0 Å². The molecule has 0 unspecified atom stereocenters. The first-order valence-corrected chi connectivity index (χ1v) is 4.79. The Labute approximate surface area is 89.8 Å². The van der Waals surface area contributed by atoms with Gasteiger partial charge in [0.2, 0.25) is 5.91 Å². The van der Waals surface area contributed by atoms with E-state index in [9.17, 15) is 4.79 Å². The van der Waals surface area contributed by atoms with E-state index in [1.165, 1.54) is 6.08 Å². The van der Waals surface area contributed by atoms with Gasteiger partial charge in [0, 0.05) is 6.54 Å². The molecule has 0 atom stereocenters. The highest BCUT2D eigenvalue weighted by atomic mass is 16.5. The zero-order valence-electron chi connectivity index (χ0n) is 8.82. The van der Waals surface area contributed by atoms with E-state index in [1.807, 2.05) is 24.3 Å². The third-order valence-electron chi connectivity index (χ3n) is 2.03. The summed E-state index contributed by atoms with van der Waals surface area (Å²) in [5, 5.41) is 2.72. The lowest BCUT2D eigenvalue weighted by Crippen LogP contribution is -2.23. The fourth-order valence-electron chi connectivity index (χ4n) is 1.23. The van der Waals surface area contributed by atoms with Crippen LogP contribution < -0.4 is 10.1 Å². The highest BCUT2D eigenvalue weighted by molar-refractivity contribution is 5.86. The van der Waals surface area contributed by atoms with Gasteiger partial charge in [-0.15, -0.1) is 0 Å². The van der Waals surface area contributed by atoms with Gasteiger partial charge in [0.25, 0.3) is 0 Å². The molecule has 0 saturated heterocycles. The maximum absolute atomic E-state index is 10.9. The van der Waals surface area contributed by atoms with Gasteiger partial charge in [-0.25, -0.2) is 0 Å². The van der Waals surface area contributed by atoms with Crippen LogP contribution in [0.1, 0.15) is 5.56 Å². The van der Waals surface area contributed by atoms with E-state index in [1.54, 1.807) is 7.11 Å². The maximum atomic E-state index is 10.9. The number of carbonyl (C=O) groups excluding carboxylic acids is 1. The van der Waals surface area contributed by atoms with Crippen molar-refractivity contribution in [2.45, 2.75) is 6.42 Å². The number of benzene rings is 1. The van der Waals surface area contributed by atoms with E-state index in [2.05, 4.69) is 11.9 Å². The summed E-state index contributed by atoms with van der Waals surface area (Å²) in [5.41, 5.74) is 1.14. The minimum absolute atomic E-state index is 0.141. The lowest BCUT2D eigenvalue weighted by Gasteiger charge is -2.04. The van der Waals surface area contributed by atoms with Crippen LogP contribution in [-0.2, 0) is 11.2 Å². The molecule has 0 aliphatic rings. The number of carbonyl (C=O) groups is 1. The summed E-state index contributed by atoms with van der Waals surface area (Å²) < 4.78 is 5.10.